The number of amides is 1. The molecule has 0 bridgehead atoms. The summed E-state index contributed by atoms with van der Waals surface area (Å²) in [6.45, 7) is 2.79. The predicted octanol–water partition coefficient (Wildman–Crippen LogP) is 1.92. The summed E-state index contributed by atoms with van der Waals surface area (Å²) in [5.41, 5.74) is 0. The van der Waals surface area contributed by atoms with Crippen molar-refractivity contribution >= 4 is 17.7 Å². The maximum atomic E-state index is 11.0. The maximum Gasteiger partial charge on any atom is 0.217 e. The van der Waals surface area contributed by atoms with Crippen molar-refractivity contribution in [2.75, 3.05) is 12.3 Å². The number of thioether (sulfide) groups is 1. The van der Waals surface area contributed by atoms with Gasteiger partial charge in [-0.3, -0.25) is 4.79 Å². The van der Waals surface area contributed by atoms with Crippen LogP contribution >= 0.6 is 11.8 Å². The van der Waals surface area contributed by atoms with E-state index in [4.69, 9.17) is 0 Å². The fourth-order valence-electron chi connectivity index (χ4n) is 2.83. The highest BCUT2D eigenvalue weighted by molar-refractivity contribution is 8.00. The summed E-state index contributed by atoms with van der Waals surface area (Å²) in [4.78, 5) is 11.0. The van der Waals surface area contributed by atoms with E-state index in [1.165, 1.54) is 38.0 Å². The molecule has 1 saturated carbocycles. The molecule has 0 aromatic rings. The van der Waals surface area contributed by atoms with Gasteiger partial charge in [0.2, 0.25) is 5.91 Å². The first-order chi connectivity index (χ1) is 8.24. The van der Waals surface area contributed by atoms with E-state index in [2.05, 4.69) is 22.4 Å². The van der Waals surface area contributed by atoms with Gasteiger partial charge in [-0.2, -0.15) is 11.8 Å². The highest BCUT2D eigenvalue weighted by Gasteiger charge is 2.23. The van der Waals surface area contributed by atoms with Crippen LogP contribution in [0.25, 0.3) is 0 Å². The number of hydrogen-bond acceptors (Lipinski definition) is 3. The summed E-state index contributed by atoms with van der Waals surface area (Å²) in [6, 6.07) is 1.10. The monoisotopic (exact) mass is 256 g/mol. The standard InChI is InChI=1S/C13H24N2OS/c1-10(16)15-12-6-4-11(5-7-12)14-9-13-3-2-8-17-13/h11-14H,2-9H2,1H3,(H,15,16)/t11?,12?,13-/m1/s1. The Labute approximate surface area is 108 Å². The lowest BCUT2D eigenvalue weighted by Gasteiger charge is -2.30. The van der Waals surface area contributed by atoms with Crippen molar-refractivity contribution in [2.24, 2.45) is 0 Å². The number of rotatable bonds is 4. The van der Waals surface area contributed by atoms with Crippen LogP contribution in [0.3, 0.4) is 0 Å². The zero-order valence-electron chi connectivity index (χ0n) is 10.7. The van der Waals surface area contributed by atoms with Crippen molar-refractivity contribution in [1.82, 2.24) is 10.6 Å². The third kappa shape index (κ3) is 4.51. The van der Waals surface area contributed by atoms with E-state index in [1.54, 1.807) is 6.92 Å². The first-order valence-electron chi connectivity index (χ1n) is 6.86. The normalized spacial score (nSPS) is 33.6. The molecule has 1 saturated heterocycles. The second-order valence-corrected chi connectivity index (χ2v) is 6.70. The van der Waals surface area contributed by atoms with Crippen LogP contribution in [0.5, 0.6) is 0 Å². The minimum Gasteiger partial charge on any atom is -0.354 e. The Kier molecular flexibility index (Phi) is 5.16. The third-order valence-electron chi connectivity index (χ3n) is 3.79. The molecule has 4 heteroatoms. The van der Waals surface area contributed by atoms with Gasteiger partial charge in [0.15, 0.2) is 0 Å². The second-order valence-electron chi connectivity index (χ2n) is 5.29. The quantitative estimate of drug-likeness (QED) is 0.807. The van der Waals surface area contributed by atoms with Crippen LogP contribution < -0.4 is 10.6 Å². The molecule has 98 valence electrons. The Morgan fingerprint density at radius 3 is 2.47 bits per heavy atom. The van der Waals surface area contributed by atoms with Gasteiger partial charge in [0, 0.05) is 30.8 Å². The van der Waals surface area contributed by atoms with Gasteiger partial charge in [0.1, 0.15) is 0 Å². The van der Waals surface area contributed by atoms with Crippen molar-refractivity contribution in [1.29, 1.82) is 0 Å². The third-order valence-corrected chi connectivity index (χ3v) is 5.19. The number of carbonyl (C=O) groups is 1. The van der Waals surface area contributed by atoms with Gasteiger partial charge in [-0.15, -0.1) is 0 Å². The van der Waals surface area contributed by atoms with Gasteiger partial charge < -0.3 is 10.6 Å². The fourth-order valence-corrected chi connectivity index (χ4v) is 4.05. The molecule has 17 heavy (non-hydrogen) atoms. The van der Waals surface area contributed by atoms with Crippen molar-refractivity contribution in [2.45, 2.75) is 62.8 Å². The Hall–Kier alpha value is -0.220. The molecule has 0 spiro atoms. The van der Waals surface area contributed by atoms with Crippen LogP contribution in [0.4, 0.5) is 0 Å². The Balaban J connectivity index is 1.60. The topological polar surface area (TPSA) is 41.1 Å². The van der Waals surface area contributed by atoms with Crippen LogP contribution in [0.2, 0.25) is 0 Å². The van der Waals surface area contributed by atoms with Gasteiger partial charge in [-0.25, -0.2) is 0 Å². The van der Waals surface area contributed by atoms with Crippen molar-refractivity contribution in [3.8, 4) is 0 Å². The SMILES string of the molecule is CC(=O)NC1CCC(NC[C@H]2CCCS2)CC1. The molecule has 1 aliphatic heterocycles. The van der Waals surface area contributed by atoms with E-state index in [1.807, 2.05) is 0 Å². The van der Waals surface area contributed by atoms with Gasteiger partial charge in [0.25, 0.3) is 0 Å². The highest BCUT2D eigenvalue weighted by Crippen LogP contribution is 2.26. The van der Waals surface area contributed by atoms with Gasteiger partial charge in [-0.1, -0.05) is 0 Å². The molecular formula is C13H24N2OS. The largest absolute Gasteiger partial charge is 0.354 e. The van der Waals surface area contributed by atoms with E-state index in [-0.39, 0.29) is 5.91 Å². The Morgan fingerprint density at radius 1 is 1.18 bits per heavy atom. The molecule has 1 atom stereocenters. The lowest BCUT2D eigenvalue weighted by molar-refractivity contribution is -0.119. The van der Waals surface area contributed by atoms with Gasteiger partial charge in [-0.05, 0) is 44.3 Å². The molecule has 2 rings (SSSR count). The zero-order chi connectivity index (χ0) is 12.1. The minimum atomic E-state index is 0.115. The van der Waals surface area contributed by atoms with Crippen molar-refractivity contribution < 1.29 is 4.79 Å². The summed E-state index contributed by atoms with van der Waals surface area (Å²) in [5, 5.41) is 7.58. The molecule has 0 aromatic heterocycles. The zero-order valence-corrected chi connectivity index (χ0v) is 11.5. The molecule has 2 fully saturated rings. The smallest absolute Gasteiger partial charge is 0.217 e. The number of nitrogens with one attached hydrogen (secondary N) is 2. The molecule has 3 nitrogen and oxygen atoms in total. The van der Waals surface area contributed by atoms with E-state index in [9.17, 15) is 4.79 Å². The second kappa shape index (κ2) is 6.64. The molecule has 1 heterocycles. The maximum absolute atomic E-state index is 11.0. The van der Waals surface area contributed by atoms with Crippen LogP contribution in [0.1, 0.15) is 45.4 Å². The summed E-state index contributed by atoms with van der Waals surface area (Å²) >= 11 is 2.12. The van der Waals surface area contributed by atoms with Crippen molar-refractivity contribution in [3.05, 3.63) is 0 Å². The van der Waals surface area contributed by atoms with Crippen LogP contribution in [0, 0.1) is 0 Å². The molecule has 0 aromatic carbocycles. The van der Waals surface area contributed by atoms with Crippen LogP contribution in [0.15, 0.2) is 0 Å². The average Bonchev–Trinajstić information content (AvgIpc) is 2.80. The number of hydrogen-bond donors (Lipinski definition) is 2. The summed E-state index contributed by atoms with van der Waals surface area (Å²) in [7, 11) is 0. The fraction of sp³-hybridized carbons (Fsp3) is 0.923. The first-order valence-corrected chi connectivity index (χ1v) is 7.91. The Bertz CT molecular complexity index is 246. The van der Waals surface area contributed by atoms with Crippen LogP contribution in [-0.2, 0) is 4.79 Å². The van der Waals surface area contributed by atoms with E-state index in [0.717, 1.165) is 18.1 Å². The van der Waals surface area contributed by atoms with E-state index >= 15 is 0 Å². The minimum absolute atomic E-state index is 0.115. The van der Waals surface area contributed by atoms with Gasteiger partial charge >= 0.3 is 0 Å². The summed E-state index contributed by atoms with van der Waals surface area (Å²) in [5.74, 6) is 1.46. The van der Waals surface area contributed by atoms with E-state index in [0.29, 0.717) is 12.1 Å². The molecule has 1 amide bonds. The molecule has 0 unspecified atom stereocenters. The first kappa shape index (κ1) is 13.2. The van der Waals surface area contributed by atoms with Crippen LogP contribution in [-0.4, -0.2) is 35.5 Å². The number of carbonyl (C=O) groups excluding carboxylic acids is 1. The van der Waals surface area contributed by atoms with E-state index < -0.39 is 0 Å². The highest BCUT2D eigenvalue weighted by atomic mass is 32.2. The molecule has 0 radical (unpaired) electrons. The molecule has 2 N–H and O–H groups in total. The predicted molar refractivity (Wildman–Crippen MR) is 73.3 cm³/mol. The summed E-state index contributed by atoms with van der Waals surface area (Å²) < 4.78 is 0. The van der Waals surface area contributed by atoms with Gasteiger partial charge in [0.05, 0.1) is 0 Å². The molecular weight excluding hydrogens is 232 g/mol. The molecule has 2 aliphatic rings. The molecule has 1 aliphatic carbocycles. The average molecular weight is 256 g/mol. The lowest BCUT2D eigenvalue weighted by Crippen LogP contribution is -2.42. The lowest BCUT2D eigenvalue weighted by atomic mass is 9.91. The van der Waals surface area contributed by atoms with Crippen molar-refractivity contribution in [3.63, 3.8) is 0 Å². The Morgan fingerprint density at radius 2 is 1.88 bits per heavy atom. The summed E-state index contributed by atoms with van der Waals surface area (Å²) in [6.07, 6.45) is 7.47.